The van der Waals surface area contributed by atoms with E-state index in [0.29, 0.717) is 5.92 Å². The fraction of sp³-hybridized carbons (Fsp3) is 0.500. The first-order valence-corrected chi connectivity index (χ1v) is 5.33. The van der Waals surface area contributed by atoms with Gasteiger partial charge in [-0.15, -0.1) is 11.3 Å². The highest BCUT2D eigenvalue weighted by Gasteiger charge is 2.12. The van der Waals surface area contributed by atoms with Gasteiger partial charge in [-0.25, -0.2) is 0 Å². The third kappa shape index (κ3) is 2.84. The molecule has 2 nitrogen and oxygen atoms in total. The normalized spacial score (nSPS) is 12.9. The lowest BCUT2D eigenvalue weighted by Gasteiger charge is -2.16. The Labute approximate surface area is 83.0 Å². The first kappa shape index (κ1) is 10.3. The van der Waals surface area contributed by atoms with Crippen molar-refractivity contribution < 1.29 is 4.79 Å². The highest BCUT2D eigenvalue weighted by Crippen LogP contribution is 2.09. The summed E-state index contributed by atoms with van der Waals surface area (Å²) in [5.74, 6) is 0.514. The molecule has 13 heavy (non-hydrogen) atoms. The fourth-order valence-electron chi connectivity index (χ4n) is 0.852. The van der Waals surface area contributed by atoms with Crippen LogP contribution in [0.15, 0.2) is 17.5 Å². The molecule has 1 heterocycles. The van der Waals surface area contributed by atoms with E-state index in [2.05, 4.69) is 19.2 Å². The molecule has 0 aromatic carbocycles. The van der Waals surface area contributed by atoms with E-state index in [1.807, 2.05) is 24.4 Å². The zero-order chi connectivity index (χ0) is 9.84. The summed E-state index contributed by atoms with van der Waals surface area (Å²) in [6, 6.07) is 3.96. The summed E-state index contributed by atoms with van der Waals surface area (Å²) in [5.41, 5.74) is 0. The van der Waals surface area contributed by atoms with Gasteiger partial charge in [0.2, 0.25) is 0 Å². The van der Waals surface area contributed by atoms with Crippen LogP contribution in [0.4, 0.5) is 0 Å². The quantitative estimate of drug-likeness (QED) is 0.792. The number of carbonyl (C=O) groups is 1. The standard InChI is InChI=1S/C10H15NOS/c1-7(2)8(3)11-10(12)9-5-4-6-13-9/h4-8H,1-3H3,(H,11,12). The van der Waals surface area contributed by atoms with Gasteiger partial charge in [-0.1, -0.05) is 19.9 Å². The summed E-state index contributed by atoms with van der Waals surface area (Å²) in [6.07, 6.45) is 0. The van der Waals surface area contributed by atoms with Crippen LogP contribution in [0.3, 0.4) is 0 Å². The molecule has 0 bridgehead atoms. The van der Waals surface area contributed by atoms with Crippen LogP contribution in [0, 0.1) is 5.92 Å². The molecule has 1 atom stereocenters. The molecular formula is C10H15NOS. The number of rotatable bonds is 3. The summed E-state index contributed by atoms with van der Waals surface area (Å²) in [6.45, 7) is 6.22. The van der Waals surface area contributed by atoms with Crippen LogP contribution in [0.1, 0.15) is 30.4 Å². The van der Waals surface area contributed by atoms with Crippen LogP contribution in [0.25, 0.3) is 0 Å². The Morgan fingerprint density at radius 3 is 2.62 bits per heavy atom. The molecule has 1 rings (SSSR count). The second-order valence-electron chi connectivity index (χ2n) is 3.48. The minimum Gasteiger partial charge on any atom is -0.349 e. The van der Waals surface area contributed by atoms with Crippen LogP contribution in [0.5, 0.6) is 0 Å². The topological polar surface area (TPSA) is 29.1 Å². The van der Waals surface area contributed by atoms with Crippen molar-refractivity contribution in [3.05, 3.63) is 22.4 Å². The van der Waals surface area contributed by atoms with Crippen molar-refractivity contribution in [3.8, 4) is 0 Å². The maximum atomic E-state index is 11.5. The molecule has 1 aromatic rings. The van der Waals surface area contributed by atoms with E-state index in [1.165, 1.54) is 11.3 Å². The lowest BCUT2D eigenvalue weighted by Crippen LogP contribution is -2.35. The molecule has 0 fully saturated rings. The maximum absolute atomic E-state index is 11.5. The molecule has 0 saturated heterocycles. The smallest absolute Gasteiger partial charge is 0.261 e. The lowest BCUT2D eigenvalue weighted by molar-refractivity contribution is 0.0934. The van der Waals surface area contributed by atoms with Gasteiger partial charge >= 0.3 is 0 Å². The van der Waals surface area contributed by atoms with Crippen molar-refractivity contribution in [2.24, 2.45) is 5.92 Å². The first-order chi connectivity index (χ1) is 6.11. The van der Waals surface area contributed by atoms with Gasteiger partial charge in [0.05, 0.1) is 4.88 Å². The maximum Gasteiger partial charge on any atom is 0.261 e. The first-order valence-electron chi connectivity index (χ1n) is 4.45. The fourth-order valence-corrected chi connectivity index (χ4v) is 1.48. The van der Waals surface area contributed by atoms with Crippen LogP contribution in [-0.2, 0) is 0 Å². The zero-order valence-electron chi connectivity index (χ0n) is 8.20. The third-order valence-electron chi connectivity index (χ3n) is 2.10. The van der Waals surface area contributed by atoms with E-state index in [9.17, 15) is 4.79 Å². The van der Waals surface area contributed by atoms with Gasteiger partial charge in [-0.3, -0.25) is 4.79 Å². The molecule has 1 aromatic heterocycles. The number of amides is 1. The Bertz CT molecular complexity index is 266. The molecule has 1 amide bonds. The minimum atomic E-state index is 0.0381. The van der Waals surface area contributed by atoms with E-state index in [0.717, 1.165) is 4.88 Å². The molecule has 0 aliphatic rings. The largest absolute Gasteiger partial charge is 0.349 e. The zero-order valence-corrected chi connectivity index (χ0v) is 9.02. The van der Waals surface area contributed by atoms with Crippen LogP contribution in [0.2, 0.25) is 0 Å². The Morgan fingerprint density at radius 2 is 2.15 bits per heavy atom. The van der Waals surface area contributed by atoms with Crippen molar-refractivity contribution in [1.82, 2.24) is 5.32 Å². The van der Waals surface area contributed by atoms with E-state index in [1.54, 1.807) is 0 Å². The van der Waals surface area contributed by atoms with Gasteiger partial charge in [-0.05, 0) is 24.3 Å². The summed E-state index contributed by atoms with van der Waals surface area (Å²) in [7, 11) is 0. The second kappa shape index (κ2) is 4.42. The van der Waals surface area contributed by atoms with E-state index >= 15 is 0 Å². The monoisotopic (exact) mass is 197 g/mol. The number of thiophene rings is 1. The Balaban J connectivity index is 2.52. The Kier molecular flexibility index (Phi) is 3.48. The minimum absolute atomic E-state index is 0.0381. The molecular weight excluding hydrogens is 182 g/mol. The number of hydrogen-bond acceptors (Lipinski definition) is 2. The average molecular weight is 197 g/mol. The number of nitrogens with one attached hydrogen (secondary N) is 1. The Morgan fingerprint density at radius 1 is 1.46 bits per heavy atom. The average Bonchev–Trinajstić information content (AvgIpc) is 2.55. The van der Waals surface area contributed by atoms with E-state index in [-0.39, 0.29) is 11.9 Å². The van der Waals surface area contributed by atoms with Gasteiger partial charge in [0, 0.05) is 6.04 Å². The van der Waals surface area contributed by atoms with Gasteiger partial charge in [0.15, 0.2) is 0 Å². The van der Waals surface area contributed by atoms with Crippen LogP contribution >= 0.6 is 11.3 Å². The number of hydrogen-bond donors (Lipinski definition) is 1. The summed E-state index contributed by atoms with van der Waals surface area (Å²) >= 11 is 1.47. The van der Waals surface area contributed by atoms with Gasteiger partial charge < -0.3 is 5.32 Å². The van der Waals surface area contributed by atoms with Crippen molar-refractivity contribution in [3.63, 3.8) is 0 Å². The molecule has 0 spiro atoms. The van der Waals surface area contributed by atoms with Crippen molar-refractivity contribution >= 4 is 17.2 Å². The van der Waals surface area contributed by atoms with Crippen LogP contribution < -0.4 is 5.32 Å². The van der Waals surface area contributed by atoms with Gasteiger partial charge in [0.25, 0.3) is 5.91 Å². The van der Waals surface area contributed by atoms with Crippen molar-refractivity contribution in [2.75, 3.05) is 0 Å². The molecule has 1 unspecified atom stereocenters. The highest BCUT2D eigenvalue weighted by atomic mass is 32.1. The molecule has 1 N–H and O–H groups in total. The van der Waals surface area contributed by atoms with E-state index < -0.39 is 0 Å². The molecule has 0 aliphatic heterocycles. The summed E-state index contributed by atoms with van der Waals surface area (Å²) in [5, 5.41) is 4.86. The molecule has 0 saturated carbocycles. The summed E-state index contributed by atoms with van der Waals surface area (Å²) in [4.78, 5) is 12.3. The van der Waals surface area contributed by atoms with Crippen molar-refractivity contribution in [2.45, 2.75) is 26.8 Å². The lowest BCUT2D eigenvalue weighted by atomic mass is 10.1. The highest BCUT2D eigenvalue weighted by molar-refractivity contribution is 7.12. The number of carbonyl (C=O) groups excluding carboxylic acids is 1. The molecule has 3 heteroatoms. The SMILES string of the molecule is CC(C)C(C)NC(=O)c1cccs1. The molecule has 0 radical (unpaired) electrons. The van der Waals surface area contributed by atoms with Gasteiger partial charge in [0.1, 0.15) is 0 Å². The van der Waals surface area contributed by atoms with E-state index in [4.69, 9.17) is 0 Å². The second-order valence-corrected chi connectivity index (χ2v) is 4.43. The predicted octanol–water partition coefficient (Wildman–Crippen LogP) is 2.52. The molecule has 72 valence electrons. The van der Waals surface area contributed by atoms with Crippen molar-refractivity contribution in [1.29, 1.82) is 0 Å². The predicted molar refractivity (Wildman–Crippen MR) is 56.1 cm³/mol. The Hall–Kier alpha value is -0.830. The van der Waals surface area contributed by atoms with Gasteiger partial charge in [-0.2, -0.15) is 0 Å². The summed E-state index contributed by atoms with van der Waals surface area (Å²) < 4.78 is 0. The third-order valence-corrected chi connectivity index (χ3v) is 2.97. The molecule has 0 aliphatic carbocycles. The van der Waals surface area contributed by atoms with Crippen LogP contribution in [-0.4, -0.2) is 11.9 Å².